The summed E-state index contributed by atoms with van der Waals surface area (Å²) in [6.07, 6.45) is 3.42. The van der Waals surface area contributed by atoms with E-state index < -0.39 is 0 Å². The Bertz CT molecular complexity index is 871. The normalized spacial score (nSPS) is 11.0. The van der Waals surface area contributed by atoms with Gasteiger partial charge in [0.05, 0.1) is 16.8 Å². The van der Waals surface area contributed by atoms with E-state index in [0.29, 0.717) is 17.2 Å². The van der Waals surface area contributed by atoms with Gasteiger partial charge in [0.15, 0.2) is 0 Å². The Labute approximate surface area is 135 Å². The molecule has 1 N–H and O–H groups in total. The molecule has 0 aliphatic carbocycles. The van der Waals surface area contributed by atoms with Crippen LogP contribution in [0.5, 0.6) is 0 Å². The zero-order valence-corrected chi connectivity index (χ0v) is 13.5. The van der Waals surface area contributed by atoms with Crippen LogP contribution in [0.3, 0.4) is 0 Å². The fourth-order valence-corrected chi connectivity index (χ4v) is 2.65. The number of hydrogen-bond acceptors (Lipinski definition) is 3. The molecule has 0 saturated heterocycles. The number of fused-ring (bicyclic) bond motifs is 1. The molecule has 2 aromatic heterocycles. The molecule has 0 aliphatic rings. The fraction of sp³-hybridized carbons (Fsp3) is 0.211. The standard InChI is InChI=1S/C19H19N3O/c1-12(2)15-6-4-5-7-18(15)22-19(23)16-10-14-11-20-9-8-17(14)21-13(16)3/h4-12H,1-3H3,(H,22,23). The number of benzene rings is 1. The summed E-state index contributed by atoms with van der Waals surface area (Å²) < 4.78 is 0. The van der Waals surface area contributed by atoms with Gasteiger partial charge in [0, 0.05) is 23.5 Å². The summed E-state index contributed by atoms with van der Waals surface area (Å²) in [6.45, 7) is 6.07. The number of carbonyl (C=O) groups is 1. The van der Waals surface area contributed by atoms with Gasteiger partial charge in [0.1, 0.15) is 0 Å². The minimum atomic E-state index is -0.145. The molecule has 0 fully saturated rings. The Balaban J connectivity index is 1.97. The molecule has 23 heavy (non-hydrogen) atoms. The van der Waals surface area contributed by atoms with Crippen molar-refractivity contribution in [1.29, 1.82) is 0 Å². The second kappa shape index (κ2) is 6.16. The van der Waals surface area contributed by atoms with Crippen LogP contribution in [-0.2, 0) is 0 Å². The monoisotopic (exact) mass is 305 g/mol. The third-order valence-corrected chi connectivity index (χ3v) is 3.88. The highest BCUT2D eigenvalue weighted by molar-refractivity contribution is 6.07. The molecule has 0 radical (unpaired) electrons. The third-order valence-electron chi connectivity index (χ3n) is 3.88. The van der Waals surface area contributed by atoms with Crippen LogP contribution in [0.25, 0.3) is 10.9 Å². The molecule has 1 amide bonds. The minimum Gasteiger partial charge on any atom is -0.322 e. The number of nitrogens with one attached hydrogen (secondary N) is 1. The topological polar surface area (TPSA) is 54.9 Å². The third kappa shape index (κ3) is 3.06. The molecule has 1 aromatic carbocycles. The number of aromatic nitrogens is 2. The molecule has 116 valence electrons. The Morgan fingerprint density at radius 1 is 1.17 bits per heavy atom. The summed E-state index contributed by atoms with van der Waals surface area (Å²) in [5.41, 5.74) is 4.09. The number of anilines is 1. The molecule has 0 spiro atoms. The maximum atomic E-state index is 12.7. The molecule has 4 heteroatoms. The Morgan fingerprint density at radius 2 is 1.96 bits per heavy atom. The van der Waals surface area contributed by atoms with Gasteiger partial charge < -0.3 is 5.32 Å². The van der Waals surface area contributed by atoms with Crippen molar-refractivity contribution >= 4 is 22.5 Å². The number of aryl methyl sites for hydroxylation is 1. The van der Waals surface area contributed by atoms with E-state index in [1.165, 1.54) is 0 Å². The summed E-state index contributed by atoms with van der Waals surface area (Å²) in [4.78, 5) is 21.3. The van der Waals surface area contributed by atoms with Gasteiger partial charge in [-0.3, -0.25) is 14.8 Å². The zero-order chi connectivity index (χ0) is 16.4. The minimum absolute atomic E-state index is 0.145. The summed E-state index contributed by atoms with van der Waals surface area (Å²) in [7, 11) is 0. The maximum Gasteiger partial charge on any atom is 0.257 e. The number of pyridine rings is 2. The highest BCUT2D eigenvalue weighted by atomic mass is 16.1. The van der Waals surface area contributed by atoms with E-state index in [-0.39, 0.29) is 5.91 Å². The molecule has 3 rings (SSSR count). The van der Waals surface area contributed by atoms with Crippen molar-refractivity contribution in [2.45, 2.75) is 26.7 Å². The number of amides is 1. The molecule has 4 nitrogen and oxygen atoms in total. The predicted octanol–water partition coefficient (Wildman–Crippen LogP) is 4.31. The average molecular weight is 305 g/mol. The summed E-state index contributed by atoms with van der Waals surface area (Å²) in [5.74, 6) is 0.195. The van der Waals surface area contributed by atoms with E-state index in [2.05, 4.69) is 29.1 Å². The van der Waals surface area contributed by atoms with E-state index >= 15 is 0 Å². The van der Waals surface area contributed by atoms with E-state index in [0.717, 1.165) is 22.2 Å². The largest absolute Gasteiger partial charge is 0.322 e. The van der Waals surface area contributed by atoms with Crippen LogP contribution in [0, 0.1) is 6.92 Å². The lowest BCUT2D eigenvalue weighted by Crippen LogP contribution is -2.15. The lowest BCUT2D eigenvalue weighted by atomic mass is 10.0. The van der Waals surface area contributed by atoms with Gasteiger partial charge in [-0.15, -0.1) is 0 Å². The van der Waals surface area contributed by atoms with Crippen LogP contribution in [0.2, 0.25) is 0 Å². The lowest BCUT2D eigenvalue weighted by Gasteiger charge is -2.14. The molecule has 0 bridgehead atoms. The smallest absolute Gasteiger partial charge is 0.257 e. The van der Waals surface area contributed by atoms with Gasteiger partial charge in [0.2, 0.25) is 0 Å². The molecule has 0 saturated carbocycles. The molecule has 0 atom stereocenters. The molecule has 2 heterocycles. The molecular formula is C19H19N3O. The lowest BCUT2D eigenvalue weighted by molar-refractivity contribution is 0.102. The van der Waals surface area contributed by atoms with Crippen molar-refractivity contribution in [3.05, 3.63) is 65.6 Å². The van der Waals surface area contributed by atoms with Gasteiger partial charge in [0.25, 0.3) is 5.91 Å². The summed E-state index contributed by atoms with van der Waals surface area (Å²) >= 11 is 0. The van der Waals surface area contributed by atoms with Crippen molar-refractivity contribution in [1.82, 2.24) is 9.97 Å². The van der Waals surface area contributed by atoms with Crippen LogP contribution in [-0.4, -0.2) is 15.9 Å². The van der Waals surface area contributed by atoms with Gasteiger partial charge in [-0.25, -0.2) is 0 Å². The fourth-order valence-electron chi connectivity index (χ4n) is 2.65. The number of para-hydroxylation sites is 1. The van der Waals surface area contributed by atoms with Gasteiger partial charge in [-0.1, -0.05) is 32.0 Å². The Morgan fingerprint density at radius 3 is 2.74 bits per heavy atom. The first-order chi connectivity index (χ1) is 11.1. The number of carbonyl (C=O) groups excluding carboxylic acids is 1. The van der Waals surface area contributed by atoms with Crippen molar-refractivity contribution in [3.8, 4) is 0 Å². The Hall–Kier alpha value is -2.75. The Kier molecular flexibility index (Phi) is 4.06. The van der Waals surface area contributed by atoms with E-state index in [4.69, 9.17) is 0 Å². The number of rotatable bonds is 3. The SMILES string of the molecule is Cc1nc2ccncc2cc1C(=O)Nc1ccccc1C(C)C. The van der Waals surface area contributed by atoms with E-state index in [1.54, 1.807) is 12.4 Å². The molecular weight excluding hydrogens is 286 g/mol. The first-order valence-corrected chi connectivity index (χ1v) is 7.68. The summed E-state index contributed by atoms with van der Waals surface area (Å²) in [5, 5.41) is 3.88. The first kappa shape index (κ1) is 15.2. The van der Waals surface area contributed by atoms with Crippen molar-refractivity contribution in [3.63, 3.8) is 0 Å². The van der Waals surface area contributed by atoms with Crippen LogP contribution in [0.4, 0.5) is 5.69 Å². The average Bonchev–Trinajstić information content (AvgIpc) is 2.54. The number of nitrogens with zero attached hydrogens (tertiary/aromatic N) is 2. The van der Waals surface area contributed by atoms with Gasteiger partial charge >= 0.3 is 0 Å². The molecule has 0 unspecified atom stereocenters. The zero-order valence-electron chi connectivity index (χ0n) is 13.5. The maximum absolute atomic E-state index is 12.7. The van der Waals surface area contributed by atoms with Crippen LogP contribution in [0.1, 0.15) is 41.4 Å². The van der Waals surface area contributed by atoms with Crippen LogP contribution < -0.4 is 5.32 Å². The molecule has 0 aliphatic heterocycles. The predicted molar refractivity (Wildman–Crippen MR) is 92.8 cm³/mol. The quantitative estimate of drug-likeness (QED) is 0.784. The molecule has 3 aromatic rings. The highest BCUT2D eigenvalue weighted by Crippen LogP contribution is 2.25. The van der Waals surface area contributed by atoms with Gasteiger partial charge in [-0.2, -0.15) is 0 Å². The number of hydrogen-bond donors (Lipinski definition) is 1. The second-order valence-corrected chi connectivity index (χ2v) is 5.89. The second-order valence-electron chi connectivity index (χ2n) is 5.89. The van der Waals surface area contributed by atoms with Crippen molar-refractivity contribution < 1.29 is 4.79 Å². The van der Waals surface area contributed by atoms with E-state index in [1.807, 2.05) is 43.3 Å². The van der Waals surface area contributed by atoms with Crippen molar-refractivity contribution in [2.24, 2.45) is 0 Å². The summed E-state index contributed by atoms with van der Waals surface area (Å²) in [6, 6.07) is 11.6. The van der Waals surface area contributed by atoms with E-state index in [9.17, 15) is 4.79 Å². The highest BCUT2D eigenvalue weighted by Gasteiger charge is 2.14. The van der Waals surface area contributed by atoms with Gasteiger partial charge in [-0.05, 0) is 36.6 Å². The van der Waals surface area contributed by atoms with Crippen LogP contribution >= 0.6 is 0 Å². The first-order valence-electron chi connectivity index (χ1n) is 7.68. The van der Waals surface area contributed by atoms with Crippen molar-refractivity contribution in [2.75, 3.05) is 5.32 Å². The van der Waals surface area contributed by atoms with Crippen LogP contribution in [0.15, 0.2) is 48.8 Å².